The molecule has 0 aliphatic carbocycles. The molecule has 0 fully saturated rings. The Kier molecular flexibility index (Phi) is 52.1. The number of allylic oxidation sites excluding steroid dienone is 15. The lowest BCUT2D eigenvalue weighted by Gasteiger charge is -2.27. The van der Waals surface area contributed by atoms with Crippen molar-refractivity contribution in [1.82, 2.24) is 5.32 Å². The van der Waals surface area contributed by atoms with E-state index in [2.05, 4.69) is 111 Å². The third-order valence-electron chi connectivity index (χ3n) is 13.0. The molecule has 0 saturated carbocycles. The lowest BCUT2D eigenvalue weighted by Crippen LogP contribution is -2.47. The van der Waals surface area contributed by atoms with Crippen molar-refractivity contribution in [3.63, 3.8) is 0 Å². The van der Waals surface area contributed by atoms with Crippen LogP contribution in [0.4, 0.5) is 0 Å². The number of phosphoric ester groups is 1. The Hall–Kier alpha value is -3.07. The van der Waals surface area contributed by atoms with Crippen molar-refractivity contribution >= 4 is 19.7 Å². The average molecular weight is 1070 g/mol. The van der Waals surface area contributed by atoms with E-state index in [0.717, 1.165) is 135 Å². The summed E-state index contributed by atoms with van der Waals surface area (Å²) in [5.41, 5.74) is 0. The van der Waals surface area contributed by atoms with Crippen LogP contribution in [0.2, 0.25) is 0 Å². The normalized spacial score (nSPS) is 14.4. The molecule has 0 heterocycles. The highest BCUT2D eigenvalue weighted by molar-refractivity contribution is 7.47. The van der Waals surface area contributed by atoms with Gasteiger partial charge in [0.2, 0.25) is 5.91 Å². The second kappa shape index (κ2) is 54.3. The summed E-state index contributed by atoms with van der Waals surface area (Å²) in [5, 5.41) is 3.04. The molecule has 0 aromatic heterocycles. The topological polar surface area (TPSA) is 111 Å². The molecular formula is C65H116N2O7P+. The highest BCUT2D eigenvalue weighted by Gasteiger charge is 2.30. The molecule has 10 heteroatoms. The minimum Gasteiger partial charge on any atom is -0.456 e. The zero-order valence-corrected chi connectivity index (χ0v) is 50.2. The number of ether oxygens (including phenoxy) is 1. The van der Waals surface area contributed by atoms with Gasteiger partial charge < -0.3 is 19.4 Å². The number of hydrogen-bond acceptors (Lipinski definition) is 6. The van der Waals surface area contributed by atoms with Crippen LogP contribution in [0.3, 0.4) is 0 Å². The molecule has 3 unspecified atom stereocenters. The number of amides is 1. The zero-order chi connectivity index (χ0) is 55.0. The number of nitrogens with one attached hydrogen (secondary N) is 1. The fraction of sp³-hybridized carbons (Fsp3) is 0.723. The van der Waals surface area contributed by atoms with E-state index in [9.17, 15) is 19.0 Å². The van der Waals surface area contributed by atoms with Gasteiger partial charge in [-0.25, -0.2) is 4.57 Å². The Morgan fingerprint density at radius 1 is 0.480 bits per heavy atom. The molecule has 0 aromatic rings. The maximum Gasteiger partial charge on any atom is 0.472 e. The van der Waals surface area contributed by atoms with Crippen LogP contribution in [0, 0.1) is 0 Å². The van der Waals surface area contributed by atoms with Gasteiger partial charge >= 0.3 is 13.8 Å². The van der Waals surface area contributed by atoms with E-state index in [4.69, 9.17) is 13.8 Å². The fourth-order valence-corrected chi connectivity index (χ4v) is 9.03. The number of quaternary nitrogens is 1. The van der Waals surface area contributed by atoms with Crippen LogP contribution in [0.15, 0.2) is 97.2 Å². The van der Waals surface area contributed by atoms with Gasteiger partial charge in [-0.2, -0.15) is 0 Å². The Labute approximate surface area is 462 Å². The highest BCUT2D eigenvalue weighted by atomic mass is 31.2. The summed E-state index contributed by atoms with van der Waals surface area (Å²) in [5.74, 6) is -0.545. The van der Waals surface area contributed by atoms with Gasteiger partial charge in [0.05, 0.1) is 33.8 Å². The summed E-state index contributed by atoms with van der Waals surface area (Å²) in [6, 6.07) is -0.868. The van der Waals surface area contributed by atoms with E-state index in [1.54, 1.807) is 0 Å². The summed E-state index contributed by atoms with van der Waals surface area (Å²) >= 11 is 0. The molecule has 0 aliphatic rings. The molecular weight excluding hydrogens is 952 g/mol. The quantitative estimate of drug-likeness (QED) is 0.0205. The van der Waals surface area contributed by atoms with Crippen LogP contribution in [-0.2, 0) is 27.9 Å². The standard InChI is InChI=1S/C65H115N2O7P/c1-7-10-13-16-19-22-25-28-30-32-33-34-35-36-38-40-43-46-49-52-55-58-65(69)74-63(56-53-50-47-44-41-27-24-21-18-15-12-9-3)62(61-73-75(70,71)72-60-59-67(4,5)6)66-64(68)57-54-51-48-45-42-39-37-31-29-26-23-20-17-14-11-8-2/h11,14,19-20,22-23,28-31,33-34,36,38,53,56,62-63H,7-10,12-13,15-18,21,24-27,32,35,37,39-52,54-55,57-61H2,1-6H3,(H-,66,68,70,71)/p+1/b14-11+,22-19-,23-20+,30-28-,31-29+,34-33-,38-36-,56-53+. The second-order valence-electron chi connectivity index (χ2n) is 21.5. The number of rotatable bonds is 54. The third kappa shape index (κ3) is 55.5. The van der Waals surface area contributed by atoms with Crippen LogP contribution in [0.25, 0.3) is 0 Å². The Morgan fingerprint density at radius 2 is 0.853 bits per heavy atom. The van der Waals surface area contributed by atoms with E-state index >= 15 is 0 Å². The first-order valence-corrected chi connectivity index (χ1v) is 32.1. The summed E-state index contributed by atoms with van der Waals surface area (Å²) in [6.07, 6.45) is 72.5. The van der Waals surface area contributed by atoms with Gasteiger partial charge in [0.25, 0.3) is 0 Å². The predicted octanol–water partition coefficient (Wildman–Crippen LogP) is 18.8. The van der Waals surface area contributed by atoms with Gasteiger partial charge in [0, 0.05) is 12.8 Å². The molecule has 2 N–H and O–H groups in total. The van der Waals surface area contributed by atoms with Gasteiger partial charge in [-0.1, -0.05) is 227 Å². The molecule has 0 aromatic carbocycles. The summed E-state index contributed by atoms with van der Waals surface area (Å²) in [4.78, 5) is 37.7. The highest BCUT2D eigenvalue weighted by Crippen LogP contribution is 2.43. The van der Waals surface area contributed by atoms with Crippen LogP contribution >= 0.6 is 7.82 Å². The van der Waals surface area contributed by atoms with Crippen molar-refractivity contribution in [2.75, 3.05) is 40.9 Å². The van der Waals surface area contributed by atoms with Crippen LogP contribution in [-0.4, -0.2) is 74.3 Å². The number of carbonyl (C=O) groups is 2. The number of hydrogen-bond donors (Lipinski definition) is 2. The number of carbonyl (C=O) groups excluding carboxylic acids is 2. The van der Waals surface area contributed by atoms with Crippen molar-refractivity contribution in [2.45, 2.75) is 264 Å². The van der Waals surface area contributed by atoms with Gasteiger partial charge in [-0.15, -0.1) is 0 Å². The van der Waals surface area contributed by atoms with E-state index in [0.29, 0.717) is 23.9 Å². The largest absolute Gasteiger partial charge is 0.472 e. The van der Waals surface area contributed by atoms with E-state index in [-0.39, 0.29) is 31.5 Å². The van der Waals surface area contributed by atoms with Crippen molar-refractivity contribution < 1.29 is 37.3 Å². The van der Waals surface area contributed by atoms with Crippen LogP contribution in [0.5, 0.6) is 0 Å². The maximum absolute atomic E-state index is 13.5. The molecule has 0 bridgehead atoms. The first-order valence-electron chi connectivity index (χ1n) is 30.6. The number of unbranched alkanes of at least 4 members (excludes halogenated alkanes) is 24. The van der Waals surface area contributed by atoms with Crippen LogP contribution in [0.1, 0.15) is 252 Å². The summed E-state index contributed by atoms with van der Waals surface area (Å²) in [7, 11) is 1.46. The number of nitrogens with zero attached hydrogens (tertiary/aromatic N) is 1. The summed E-state index contributed by atoms with van der Waals surface area (Å²) in [6.45, 7) is 6.84. The minimum absolute atomic E-state index is 0.0295. The molecule has 1 amide bonds. The molecule has 0 radical (unpaired) electrons. The Morgan fingerprint density at radius 3 is 1.31 bits per heavy atom. The maximum atomic E-state index is 13.5. The second-order valence-corrected chi connectivity index (χ2v) is 22.9. The Balaban J connectivity index is 5.33. The van der Waals surface area contributed by atoms with Gasteiger partial charge in [0.15, 0.2) is 0 Å². The van der Waals surface area contributed by atoms with E-state index in [1.165, 1.54) is 77.0 Å². The monoisotopic (exact) mass is 1070 g/mol. The summed E-state index contributed by atoms with van der Waals surface area (Å²) < 4.78 is 30.7. The van der Waals surface area contributed by atoms with Crippen molar-refractivity contribution in [3.8, 4) is 0 Å². The van der Waals surface area contributed by atoms with Gasteiger partial charge in [-0.05, 0) is 109 Å². The lowest BCUT2D eigenvalue weighted by molar-refractivity contribution is -0.870. The van der Waals surface area contributed by atoms with Crippen molar-refractivity contribution in [1.29, 1.82) is 0 Å². The molecule has 9 nitrogen and oxygen atoms in total. The fourth-order valence-electron chi connectivity index (χ4n) is 8.29. The molecule has 75 heavy (non-hydrogen) atoms. The van der Waals surface area contributed by atoms with Crippen molar-refractivity contribution in [2.24, 2.45) is 0 Å². The molecule has 0 rings (SSSR count). The molecule has 432 valence electrons. The number of likely N-dealkylation sites (N-methyl/N-ethyl adjacent to an activating group) is 1. The lowest BCUT2D eigenvalue weighted by atomic mass is 10.0. The van der Waals surface area contributed by atoms with E-state index in [1.807, 2.05) is 33.3 Å². The SMILES string of the molecule is CC/C=C/C/C=C/C/C=C/CCCCCCCCC(=O)NC(COP(=O)(O)OCC[N+](C)(C)C)C(/C=C/CCCCCCCCCCCC)OC(=O)CCCCCCC/C=C\C/C=C\C/C=C\C/C=C\CCCCC. The number of phosphoric acid groups is 1. The average Bonchev–Trinajstić information content (AvgIpc) is 3.37. The van der Waals surface area contributed by atoms with Crippen LogP contribution < -0.4 is 5.32 Å². The van der Waals surface area contributed by atoms with E-state index < -0.39 is 20.0 Å². The Bertz CT molecular complexity index is 1610. The predicted molar refractivity (Wildman–Crippen MR) is 323 cm³/mol. The molecule has 0 saturated heterocycles. The molecule has 3 atom stereocenters. The van der Waals surface area contributed by atoms with Crippen molar-refractivity contribution in [3.05, 3.63) is 97.2 Å². The van der Waals surface area contributed by atoms with Gasteiger partial charge in [0.1, 0.15) is 19.3 Å². The first kappa shape index (κ1) is 71.9. The first-order chi connectivity index (χ1) is 36.4. The van der Waals surface area contributed by atoms with Gasteiger partial charge in [-0.3, -0.25) is 18.6 Å². The smallest absolute Gasteiger partial charge is 0.456 e. The molecule has 0 aliphatic heterocycles. The molecule has 0 spiro atoms. The number of esters is 1. The zero-order valence-electron chi connectivity index (χ0n) is 49.3. The third-order valence-corrected chi connectivity index (χ3v) is 14.0. The minimum atomic E-state index is -4.46.